The van der Waals surface area contributed by atoms with Crippen molar-refractivity contribution in [2.24, 2.45) is 0 Å². The van der Waals surface area contributed by atoms with Crippen LogP contribution in [0, 0.1) is 6.92 Å². The number of aliphatic hydroxyl groups excluding tert-OH is 1. The summed E-state index contributed by atoms with van der Waals surface area (Å²) < 4.78 is 0. The van der Waals surface area contributed by atoms with Crippen molar-refractivity contribution in [3.63, 3.8) is 0 Å². The second-order valence-corrected chi connectivity index (χ2v) is 6.45. The standard InChI is InChI=1S/C20H24N2O2/c1-15-7-5-10-17(13-15)21-20(24)22-12-6-11-18(22)14-19(23)16-8-3-2-4-9-16/h2-5,7-10,13,18-19,23H,6,11-12,14H2,1H3,(H,21,24). The van der Waals surface area contributed by atoms with E-state index in [1.807, 2.05) is 66.4 Å². The van der Waals surface area contributed by atoms with E-state index in [1.165, 1.54) is 0 Å². The van der Waals surface area contributed by atoms with E-state index in [0.717, 1.165) is 36.2 Å². The fourth-order valence-electron chi connectivity index (χ4n) is 3.34. The Bertz CT molecular complexity index is 687. The van der Waals surface area contributed by atoms with Crippen LogP contribution in [-0.4, -0.2) is 28.6 Å². The van der Waals surface area contributed by atoms with Crippen LogP contribution in [0.5, 0.6) is 0 Å². The molecule has 2 unspecified atom stereocenters. The summed E-state index contributed by atoms with van der Waals surface area (Å²) in [7, 11) is 0. The third kappa shape index (κ3) is 3.95. The summed E-state index contributed by atoms with van der Waals surface area (Å²) in [5.74, 6) is 0. The van der Waals surface area contributed by atoms with Crippen molar-refractivity contribution in [1.82, 2.24) is 4.90 Å². The van der Waals surface area contributed by atoms with Gasteiger partial charge in [-0.1, -0.05) is 42.5 Å². The molecule has 3 rings (SSSR count). The predicted molar refractivity (Wildman–Crippen MR) is 95.9 cm³/mol. The van der Waals surface area contributed by atoms with E-state index in [-0.39, 0.29) is 12.1 Å². The Hall–Kier alpha value is -2.33. The van der Waals surface area contributed by atoms with Crippen molar-refractivity contribution in [3.05, 3.63) is 65.7 Å². The number of hydrogen-bond donors (Lipinski definition) is 2. The molecule has 126 valence electrons. The summed E-state index contributed by atoms with van der Waals surface area (Å²) >= 11 is 0. The fraction of sp³-hybridized carbons (Fsp3) is 0.350. The first-order valence-electron chi connectivity index (χ1n) is 8.51. The Morgan fingerprint density at radius 2 is 2.04 bits per heavy atom. The minimum absolute atomic E-state index is 0.0741. The molecule has 0 radical (unpaired) electrons. The van der Waals surface area contributed by atoms with Gasteiger partial charge in [-0.3, -0.25) is 0 Å². The highest BCUT2D eigenvalue weighted by Gasteiger charge is 2.30. The number of aryl methyl sites for hydroxylation is 1. The summed E-state index contributed by atoms with van der Waals surface area (Å²) in [5, 5.41) is 13.4. The molecule has 2 atom stereocenters. The number of benzene rings is 2. The second kappa shape index (κ2) is 7.49. The second-order valence-electron chi connectivity index (χ2n) is 6.45. The number of hydrogen-bond acceptors (Lipinski definition) is 2. The van der Waals surface area contributed by atoms with E-state index in [0.29, 0.717) is 6.42 Å². The molecule has 2 amide bonds. The molecule has 1 heterocycles. The number of nitrogens with one attached hydrogen (secondary N) is 1. The van der Waals surface area contributed by atoms with Gasteiger partial charge in [0.05, 0.1) is 6.10 Å². The molecule has 0 aliphatic carbocycles. The molecule has 1 aliphatic rings. The highest BCUT2D eigenvalue weighted by molar-refractivity contribution is 5.89. The van der Waals surface area contributed by atoms with Crippen LogP contribution >= 0.6 is 0 Å². The Morgan fingerprint density at radius 1 is 1.25 bits per heavy atom. The molecular weight excluding hydrogens is 300 g/mol. The van der Waals surface area contributed by atoms with E-state index in [2.05, 4.69) is 5.32 Å². The van der Waals surface area contributed by atoms with Gasteiger partial charge in [0, 0.05) is 18.3 Å². The van der Waals surface area contributed by atoms with Gasteiger partial charge in [0.15, 0.2) is 0 Å². The molecule has 4 nitrogen and oxygen atoms in total. The summed E-state index contributed by atoms with van der Waals surface area (Å²) in [6.45, 7) is 2.74. The number of nitrogens with zero attached hydrogens (tertiary/aromatic N) is 1. The van der Waals surface area contributed by atoms with E-state index in [4.69, 9.17) is 0 Å². The van der Waals surface area contributed by atoms with Crippen LogP contribution in [0.2, 0.25) is 0 Å². The van der Waals surface area contributed by atoms with Crippen molar-refractivity contribution in [2.75, 3.05) is 11.9 Å². The first kappa shape index (κ1) is 16.5. The summed E-state index contributed by atoms with van der Waals surface area (Å²) in [6, 6.07) is 17.4. The zero-order valence-electron chi connectivity index (χ0n) is 14.0. The van der Waals surface area contributed by atoms with Gasteiger partial charge in [0.2, 0.25) is 0 Å². The molecule has 0 aromatic heterocycles. The highest BCUT2D eigenvalue weighted by Crippen LogP contribution is 2.28. The zero-order valence-corrected chi connectivity index (χ0v) is 14.0. The van der Waals surface area contributed by atoms with Gasteiger partial charge in [-0.15, -0.1) is 0 Å². The third-order valence-electron chi connectivity index (χ3n) is 4.59. The molecule has 0 bridgehead atoms. The fourth-order valence-corrected chi connectivity index (χ4v) is 3.34. The average molecular weight is 324 g/mol. The van der Waals surface area contributed by atoms with Crippen LogP contribution in [0.25, 0.3) is 0 Å². The van der Waals surface area contributed by atoms with E-state index < -0.39 is 6.10 Å². The first-order chi connectivity index (χ1) is 11.6. The maximum atomic E-state index is 12.6. The van der Waals surface area contributed by atoms with Crippen molar-refractivity contribution in [3.8, 4) is 0 Å². The molecule has 4 heteroatoms. The number of carbonyl (C=O) groups excluding carboxylic acids is 1. The lowest BCUT2D eigenvalue weighted by Crippen LogP contribution is -2.39. The van der Waals surface area contributed by atoms with E-state index in [9.17, 15) is 9.90 Å². The van der Waals surface area contributed by atoms with Crippen LogP contribution in [0.4, 0.5) is 10.5 Å². The monoisotopic (exact) mass is 324 g/mol. The molecule has 2 aromatic carbocycles. The van der Waals surface area contributed by atoms with Gasteiger partial charge >= 0.3 is 6.03 Å². The summed E-state index contributed by atoms with van der Waals surface area (Å²) in [4.78, 5) is 14.4. The van der Waals surface area contributed by atoms with Gasteiger partial charge in [-0.25, -0.2) is 4.79 Å². The topological polar surface area (TPSA) is 52.6 Å². The predicted octanol–water partition coefficient (Wildman–Crippen LogP) is 4.12. The maximum absolute atomic E-state index is 12.6. The molecule has 1 aliphatic heterocycles. The smallest absolute Gasteiger partial charge is 0.322 e. The molecule has 0 spiro atoms. The molecule has 2 aromatic rings. The number of carbonyl (C=O) groups is 1. The maximum Gasteiger partial charge on any atom is 0.322 e. The lowest BCUT2D eigenvalue weighted by atomic mass is 10.0. The minimum Gasteiger partial charge on any atom is -0.388 e. The van der Waals surface area contributed by atoms with Crippen LogP contribution < -0.4 is 5.32 Å². The first-order valence-corrected chi connectivity index (χ1v) is 8.51. The number of rotatable bonds is 4. The largest absolute Gasteiger partial charge is 0.388 e. The highest BCUT2D eigenvalue weighted by atomic mass is 16.3. The van der Waals surface area contributed by atoms with Crippen LogP contribution in [0.3, 0.4) is 0 Å². The molecular formula is C20H24N2O2. The quantitative estimate of drug-likeness (QED) is 0.889. The number of aliphatic hydroxyl groups is 1. The van der Waals surface area contributed by atoms with Crippen LogP contribution in [-0.2, 0) is 0 Å². The Kier molecular flexibility index (Phi) is 5.16. The molecule has 24 heavy (non-hydrogen) atoms. The number of likely N-dealkylation sites (tertiary alicyclic amines) is 1. The normalized spacial score (nSPS) is 18.4. The minimum atomic E-state index is -0.538. The van der Waals surface area contributed by atoms with E-state index in [1.54, 1.807) is 0 Å². The van der Waals surface area contributed by atoms with E-state index >= 15 is 0 Å². The van der Waals surface area contributed by atoms with Crippen molar-refractivity contribution < 1.29 is 9.90 Å². The van der Waals surface area contributed by atoms with Gasteiger partial charge in [-0.2, -0.15) is 0 Å². The average Bonchev–Trinajstić information content (AvgIpc) is 3.04. The van der Waals surface area contributed by atoms with Gasteiger partial charge < -0.3 is 15.3 Å². The Labute approximate surface area is 143 Å². The summed E-state index contributed by atoms with van der Waals surface area (Å²) in [6.07, 6.45) is 1.95. The zero-order chi connectivity index (χ0) is 16.9. The van der Waals surface area contributed by atoms with Gasteiger partial charge in [0.25, 0.3) is 0 Å². The van der Waals surface area contributed by atoms with Crippen molar-refractivity contribution in [2.45, 2.75) is 38.3 Å². The molecule has 1 saturated heterocycles. The number of amides is 2. The third-order valence-corrected chi connectivity index (χ3v) is 4.59. The lowest BCUT2D eigenvalue weighted by molar-refractivity contribution is 0.130. The SMILES string of the molecule is Cc1cccc(NC(=O)N2CCCC2CC(O)c2ccccc2)c1. The molecule has 0 saturated carbocycles. The Morgan fingerprint density at radius 3 is 2.79 bits per heavy atom. The van der Waals surface area contributed by atoms with Crippen LogP contribution in [0.15, 0.2) is 54.6 Å². The number of anilines is 1. The van der Waals surface area contributed by atoms with Crippen molar-refractivity contribution >= 4 is 11.7 Å². The summed E-state index contributed by atoms with van der Waals surface area (Å²) in [5.41, 5.74) is 2.84. The molecule has 1 fully saturated rings. The van der Waals surface area contributed by atoms with Gasteiger partial charge in [0.1, 0.15) is 0 Å². The Balaban J connectivity index is 1.63. The lowest BCUT2D eigenvalue weighted by Gasteiger charge is -2.27. The van der Waals surface area contributed by atoms with Crippen molar-refractivity contribution in [1.29, 1.82) is 0 Å². The van der Waals surface area contributed by atoms with Gasteiger partial charge in [-0.05, 0) is 49.4 Å². The van der Waals surface area contributed by atoms with Crippen LogP contribution in [0.1, 0.15) is 36.5 Å². The molecule has 2 N–H and O–H groups in total. The number of urea groups is 1.